The summed E-state index contributed by atoms with van der Waals surface area (Å²) in [6, 6.07) is 12.1. The fourth-order valence-electron chi connectivity index (χ4n) is 2.10. The molecule has 1 amide bonds. The van der Waals surface area contributed by atoms with Crippen LogP contribution in [0.5, 0.6) is 0 Å². The molecule has 1 aromatic heterocycles. The van der Waals surface area contributed by atoms with Crippen LogP contribution in [0.25, 0.3) is 11.0 Å². The van der Waals surface area contributed by atoms with Crippen LogP contribution in [0.4, 0.5) is 5.69 Å². The van der Waals surface area contributed by atoms with Crippen molar-refractivity contribution in [1.82, 2.24) is 9.97 Å². The van der Waals surface area contributed by atoms with Gasteiger partial charge in [-0.25, -0.2) is 4.79 Å². The minimum Gasteiger partial charge on any atom is -0.452 e. The molecule has 120 valence electrons. The summed E-state index contributed by atoms with van der Waals surface area (Å²) in [5.41, 5.74) is 1.93. The summed E-state index contributed by atoms with van der Waals surface area (Å²) in [4.78, 5) is 32.3. The van der Waals surface area contributed by atoms with Crippen molar-refractivity contribution in [1.29, 1.82) is 0 Å². The molecule has 0 aliphatic heterocycles. The van der Waals surface area contributed by atoms with Crippen LogP contribution in [-0.4, -0.2) is 28.5 Å². The van der Waals surface area contributed by atoms with Crippen molar-refractivity contribution in [2.24, 2.45) is 0 Å². The van der Waals surface area contributed by atoms with E-state index in [0.717, 1.165) is 4.47 Å². The van der Waals surface area contributed by atoms with Crippen molar-refractivity contribution in [3.05, 3.63) is 64.9 Å². The number of rotatable bonds is 4. The Labute approximate surface area is 146 Å². The number of ether oxygens (including phenoxy) is 1. The highest BCUT2D eigenvalue weighted by atomic mass is 79.9. The molecule has 2 aromatic carbocycles. The Kier molecular flexibility index (Phi) is 4.81. The van der Waals surface area contributed by atoms with Gasteiger partial charge < -0.3 is 10.1 Å². The Hall–Kier alpha value is -2.80. The van der Waals surface area contributed by atoms with E-state index in [2.05, 4.69) is 31.2 Å². The van der Waals surface area contributed by atoms with Crippen LogP contribution in [0.15, 0.2) is 59.3 Å². The second-order valence-corrected chi connectivity index (χ2v) is 5.78. The van der Waals surface area contributed by atoms with Crippen molar-refractivity contribution in [3.63, 3.8) is 0 Å². The van der Waals surface area contributed by atoms with E-state index in [-0.39, 0.29) is 12.2 Å². The van der Waals surface area contributed by atoms with Gasteiger partial charge in [0.05, 0.1) is 11.1 Å². The number of hydrogen-bond donors (Lipinski definition) is 1. The summed E-state index contributed by atoms with van der Waals surface area (Å²) < 4.78 is 5.97. The van der Waals surface area contributed by atoms with Crippen LogP contribution in [0.3, 0.4) is 0 Å². The van der Waals surface area contributed by atoms with Gasteiger partial charge in [0.25, 0.3) is 5.91 Å². The van der Waals surface area contributed by atoms with Crippen LogP contribution >= 0.6 is 15.9 Å². The molecule has 0 spiro atoms. The predicted molar refractivity (Wildman–Crippen MR) is 92.6 cm³/mol. The fourth-order valence-corrected chi connectivity index (χ4v) is 2.36. The van der Waals surface area contributed by atoms with E-state index in [4.69, 9.17) is 4.74 Å². The van der Waals surface area contributed by atoms with E-state index in [9.17, 15) is 9.59 Å². The number of nitrogens with zero attached hydrogens (tertiary/aromatic N) is 2. The van der Waals surface area contributed by atoms with Gasteiger partial charge in [0.1, 0.15) is 5.52 Å². The van der Waals surface area contributed by atoms with Crippen LogP contribution in [0.2, 0.25) is 0 Å². The second kappa shape index (κ2) is 7.18. The van der Waals surface area contributed by atoms with Crippen LogP contribution in [-0.2, 0) is 9.53 Å². The number of halogens is 1. The summed E-state index contributed by atoms with van der Waals surface area (Å²) in [6.07, 6.45) is 3.04. The number of amides is 1. The standard InChI is InChI=1S/C17H12BrN3O3/c18-11-4-6-12(7-5-11)21-15(22)10-24-17(23)13-2-1-3-14-16(13)20-9-8-19-14/h1-9H,10H2,(H,21,22). The number of fused-ring (bicyclic) bond motifs is 1. The molecular formula is C17H12BrN3O3. The molecule has 0 saturated carbocycles. The third-order valence-electron chi connectivity index (χ3n) is 3.18. The van der Waals surface area contributed by atoms with Gasteiger partial charge in [-0.2, -0.15) is 0 Å². The smallest absolute Gasteiger partial charge is 0.340 e. The number of esters is 1. The van der Waals surface area contributed by atoms with Crippen molar-refractivity contribution in [3.8, 4) is 0 Å². The molecule has 6 nitrogen and oxygen atoms in total. The summed E-state index contributed by atoms with van der Waals surface area (Å²) in [6.45, 7) is -0.383. The first-order valence-corrected chi connectivity index (χ1v) is 7.85. The van der Waals surface area contributed by atoms with Crippen molar-refractivity contribution < 1.29 is 14.3 Å². The number of aromatic nitrogens is 2. The first-order chi connectivity index (χ1) is 11.6. The average Bonchev–Trinajstić information content (AvgIpc) is 2.61. The number of benzene rings is 2. The molecule has 0 unspecified atom stereocenters. The van der Waals surface area contributed by atoms with Gasteiger partial charge in [-0.3, -0.25) is 14.8 Å². The van der Waals surface area contributed by atoms with Crippen LogP contribution in [0.1, 0.15) is 10.4 Å². The van der Waals surface area contributed by atoms with Gasteiger partial charge >= 0.3 is 5.97 Å². The lowest BCUT2D eigenvalue weighted by molar-refractivity contribution is -0.119. The SMILES string of the molecule is O=C(COC(=O)c1cccc2nccnc12)Nc1ccc(Br)cc1. The molecule has 0 saturated heterocycles. The molecule has 0 atom stereocenters. The first kappa shape index (κ1) is 16.1. The van der Waals surface area contributed by atoms with E-state index >= 15 is 0 Å². The molecule has 24 heavy (non-hydrogen) atoms. The second-order valence-electron chi connectivity index (χ2n) is 4.86. The van der Waals surface area contributed by atoms with Crippen LogP contribution in [0, 0.1) is 0 Å². The minimum atomic E-state index is -0.618. The van der Waals surface area contributed by atoms with Gasteiger partial charge in [-0.05, 0) is 36.4 Å². The molecule has 0 bridgehead atoms. The normalized spacial score (nSPS) is 10.4. The number of carbonyl (C=O) groups is 2. The Morgan fingerprint density at radius 3 is 2.58 bits per heavy atom. The molecule has 0 aliphatic carbocycles. The van der Waals surface area contributed by atoms with E-state index in [0.29, 0.717) is 16.7 Å². The lowest BCUT2D eigenvalue weighted by Crippen LogP contribution is -2.21. The molecule has 1 heterocycles. The minimum absolute atomic E-state index is 0.275. The maximum atomic E-state index is 12.2. The zero-order valence-corrected chi connectivity index (χ0v) is 14.0. The molecule has 3 aromatic rings. The quantitative estimate of drug-likeness (QED) is 0.697. The topological polar surface area (TPSA) is 81.2 Å². The van der Waals surface area contributed by atoms with Gasteiger partial charge in [-0.15, -0.1) is 0 Å². The molecular weight excluding hydrogens is 374 g/mol. The number of nitrogens with one attached hydrogen (secondary N) is 1. The number of para-hydroxylation sites is 1. The summed E-state index contributed by atoms with van der Waals surface area (Å²) in [7, 11) is 0. The van der Waals surface area contributed by atoms with Crippen molar-refractivity contribution in [2.75, 3.05) is 11.9 Å². The highest BCUT2D eigenvalue weighted by Crippen LogP contribution is 2.16. The zero-order chi connectivity index (χ0) is 16.9. The maximum absolute atomic E-state index is 12.2. The molecule has 1 N–H and O–H groups in total. The highest BCUT2D eigenvalue weighted by Gasteiger charge is 2.14. The molecule has 0 aliphatic rings. The predicted octanol–water partition coefficient (Wildman–Crippen LogP) is 3.19. The van der Waals surface area contributed by atoms with Gasteiger partial charge in [-0.1, -0.05) is 22.0 Å². The van der Waals surface area contributed by atoms with Crippen LogP contribution < -0.4 is 5.32 Å². The van der Waals surface area contributed by atoms with Gasteiger partial charge in [0.2, 0.25) is 0 Å². The Morgan fingerprint density at radius 1 is 1.04 bits per heavy atom. The molecule has 0 radical (unpaired) electrons. The third-order valence-corrected chi connectivity index (χ3v) is 3.71. The lowest BCUT2D eigenvalue weighted by Gasteiger charge is -2.08. The Balaban J connectivity index is 1.64. The number of hydrogen-bond acceptors (Lipinski definition) is 5. The fraction of sp³-hybridized carbons (Fsp3) is 0.0588. The third kappa shape index (κ3) is 3.75. The van der Waals surface area contributed by atoms with E-state index in [1.54, 1.807) is 48.7 Å². The summed E-state index contributed by atoms with van der Waals surface area (Å²) >= 11 is 3.31. The monoisotopic (exact) mass is 385 g/mol. The van der Waals surface area contributed by atoms with Crippen molar-refractivity contribution in [2.45, 2.75) is 0 Å². The average molecular weight is 386 g/mol. The summed E-state index contributed by atoms with van der Waals surface area (Å²) in [5.74, 6) is -1.04. The lowest BCUT2D eigenvalue weighted by atomic mass is 10.2. The Bertz CT molecular complexity index is 892. The molecule has 0 fully saturated rings. The maximum Gasteiger partial charge on any atom is 0.340 e. The van der Waals surface area contributed by atoms with Gasteiger partial charge in [0, 0.05) is 22.6 Å². The van der Waals surface area contributed by atoms with E-state index in [1.807, 2.05) is 0 Å². The Morgan fingerprint density at radius 2 is 1.79 bits per heavy atom. The molecule has 7 heteroatoms. The van der Waals surface area contributed by atoms with Crippen molar-refractivity contribution >= 4 is 44.5 Å². The van der Waals surface area contributed by atoms with Gasteiger partial charge in [0.15, 0.2) is 6.61 Å². The van der Waals surface area contributed by atoms with E-state index in [1.165, 1.54) is 6.20 Å². The first-order valence-electron chi connectivity index (χ1n) is 7.06. The zero-order valence-electron chi connectivity index (χ0n) is 12.4. The number of carbonyl (C=O) groups excluding carboxylic acids is 2. The van der Waals surface area contributed by atoms with E-state index < -0.39 is 11.9 Å². The number of anilines is 1. The summed E-state index contributed by atoms with van der Waals surface area (Å²) in [5, 5.41) is 2.65. The highest BCUT2D eigenvalue weighted by molar-refractivity contribution is 9.10. The largest absolute Gasteiger partial charge is 0.452 e. The molecule has 3 rings (SSSR count).